The standard InChI is InChI=1S/C15H19BrN2/c1-10-4-3-5-14(11(10)2)18-15-7-6-13(16)8-12(15)9-17/h6-8,10-11,14,18H,3-5H2,1-2H3. The molecular weight excluding hydrogens is 288 g/mol. The van der Waals surface area contributed by atoms with Gasteiger partial charge in [0.15, 0.2) is 0 Å². The highest BCUT2D eigenvalue weighted by Gasteiger charge is 2.27. The fourth-order valence-electron chi connectivity index (χ4n) is 2.72. The van der Waals surface area contributed by atoms with Gasteiger partial charge in [-0.1, -0.05) is 42.6 Å². The lowest BCUT2D eigenvalue weighted by Crippen LogP contribution is -2.35. The highest BCUT2D eigenvalue weighted by atomic mass is 79.9. The number of hydrogen-bond donors (Lipinski definition) is 1. The molecule has 1 aromatic carbocycles. The Morgan fingerprint density at radius 2 is 2.11 bits per heavy atom. The third-order valence-electron chi connectivity index (χ3n) is 4.15. The molecule has 3 unspecified atom stereocenters. The summed E-state index contributed by atoms with van der Waals surface area (Å²) in [6.07, 6.45) is 3.80. The zero-order valence-electron chi connectivity index (χ0n) is 10.9. The number of anilines is 1. The Kier molecular flexibility index (Phi) is 4.29. The van der Waals surface area contributed by atoms with Crippen molar-refractivity contribution in [3.63, 3.8) is 0 Å². The summed E-state index contributed by atoms with van der Waals surface area (Å²) in [6, 6.07) is 8.60. The first-order chi connectivity index (χ1) is 8.61. The molecule has 96 valence electrons. The maximum atomic E-state index is 9.18. The maximum absolute atomic E-state index is 9.18. The van der Waals surface area contributed by atoms with E-state index in [1.807, 2.05) is 18.2 Å². The van der Waals surface area contributed by atoms with E-state index in [1.54, 1.807) is 0 Å². The first kappa shape index (κ1) is 13.4. The average molecular weight is 307 g/mol. The van der Waals surface area contributed by atoms with E-state index >= 15 is 0 Å². The van der Waals surface area contributed by atoms with Crippen molar-refractivity contribution >= 4 is 21.6 Å². The van der Waals surface area contributed by atoms with Crippen molar-refractivity contribution in [2.75, 3.05) is 5.32 Å². The second kappa shape index (κ2) is 5.75. The fraction of sp³-hybridized carbons (Fsp3) is 0.533. The Hall–Kier alpha value is -1.01. The molecule has 2 nitrogen and oxygen atoms in total. The van der Waals surface area contributed by atoms with Crippen LogP contribution < -0.4 is 5.32 Å². The molecule has 0 amide bonds. The molecule has 0 bridgehead atoms. The minimum atomic E-state index is 0.488. The molecule has 18 heavy (non-hydrogen) atoms. The molecule has 1 saturated carbocycles. The van der Waals surface area contributed by atoms with E-state index in [-0.39, 0.29) is 0 Å². The van der Waals surface area contributed by atoms with E-state index in [9.17, 15) is 5.26 Å². The normalized spacial score (nSPS) is 27.6. The van der Waals surface area contributed by atoms with E-state index in [4.69, 9.17) is 0 Å². The Balaban J connectivity index is 2.16. The van der Waals surface area contributed by atoms with Crippen LogP contribution in [0.1, 0.15) is 38.7 Å². The van der Waals surface area contributed by atoms with Crippen LogP contribution in [0.2, 0.25) is 0 Å². The second-order valence-electron chi connectivity index (χ2n) is 5.32. The van der Waals surface area contributed by atoms with E-state index in [1.165, 1.54) is 19.3 Å². The van der Waals surface area contributed by atoms with E-state index in [2.05, 4.69) is 41.2 Å². The van der Waals surface area contributed by atoms with Crippen molar-refractivity contribution in [1.82, 2.24) is 0 Å². The van der Waals surface area contributed by atoms with Crippen molar-refractivity contribution in [3.05, 3.63) is 28.2 Å². The van der Waals surface area contributed by atoms with Gasteiger partial charge < -0.3 is 5.32 Å². The van der Waals surface area contributed by atoms with Gasteiger partial charge in [-0.25, -0.2) is 0 Å². The predicted molar refractivity (Wildman–Crippen MR) is 78.4 cm³/mol. The van der Waals surface area contributed by atoms with Crippen molar-refractivity contribution in [2.24, 2.45) is 11.8 Å². The summed E-state index contributed by atoms with van der Waals surface area (Å²) in [6.45, 7) is 4.64. The Bertz CT molecular complexity index is 464. The number of halogens is 1. The number of nitriles is 1. The van der Waals surface area contributed by atoms with Crippen LogP contribution >= 0.6 is 15.9 Å². The van der Waals surface area contributed by atoms with Crippen LogP contribution in [0.3, 0.4) is 0 Å². The van der Waals surface area contributed by atoms with Gasteiger partial charge in [0.25, 0.3) is 0 Å². The van der Waals surface area contributed by atoms with Crippen LogP contribution in [0.25, 0.3) is 0 Å². The Morgan fingerprint density at radius 1 is 1.33 bits per heavy atom. The summed E-state index contributed by atoms with van der Waals surface area (Å²) in [4.78, 5) is 0. The minimum Gasteiger partial charge on any atom is -0.381 e. The smallest absolute Gasteiger partial charge is 0.101 e. The molecule has 0 radical (unpaired) electrons. The molecule has 1 aliphatic rings. The van der Waals surface area contributed by atoms with Gasteiger partial charge in [-0.2, -0.15) is 5.26 Å². The zero-order chi connectivity index (χ0) is 13.1. The second-order valence-corrected chi connectivity index (χ2v) is 6.24. The molecule has 1 aromatic rings. The van der Waals surface area contributed by atoms with Crippen LogP contribution in [-0.4, -0.2) is 6.04 Å². The summed E-state index contributed by atoms with van der Waals surface area (Å²) < 4.78 is 0.953. The number of nitrogens with zero attached hydrogens (tertiary/aromatic N) is 1. The summed E-state index contributed by atoms with van der Waals surface area (Å²) in [5.41, 5.74) is 1.68. The number of hydrogen-bond acceptors (Lipinski definition) is 2. The van der Waals surface area contributed by atoms with Crippen LogP contribution in [0.5, 0.6) is 0 Å². The minimum absolute atomic E-state index is 0.488. The van der Waals surface area contributed by atoms with Crippen LogP contribution in [0.4, 0.5) is 5.69 Å². The third kappa shape index (κ3) is 2.87. The molecule has 0 spiro atoms. The van der Waals surface area contributed by atoms with Gasteiger partial charge in [0.2, 0.25) is 0 Å². The molecule has 1 aliphatic carbocycles. The molecule has 0 aliphatic heterocycles. The molecule has 2 rings (SSSR count). The van der Waals surface area contributed by atoms with Gasteiger partial charge in [-0.15, -0.1) is 0 Å². The van der Waals surface area contributed by atoms with Crippen molar-refractivity contribution < 1.29 is 0 Å². The van der Waals surface area contributed by atoms with Gasteiger partial charge in [0.05, 0.1) is 11.3 Å². The number of nitrogens with one attached hydrogen (secondary N) is 1. The zero-order valence-corrected chi connectivity index (χ0v) is 12.5. The lowest BCUT2D eigenvalue weighted by Gasteiger charge is -2.35. The van der Waals surface area contributed by atoms with E-state index in [0.29, 0.717) is 12.0 Å². The summed E-state index contributed by atoms with van der Waals surface area (Å²) in [5.74, 6) is 1.42. The topological polar surface area (TPSA) is 35.8 Å². The maximum Gasteiger partial charge on any atom is 0.101 e. The van der Waals surface area contributed by atoms with E-state index in [0.717, 1.165) is 21.6 Å². The first-order valence-electron chi connectivity index (χ1n) is 6.58. The van der Waals surface area contributed by atoms with Crippen LogP contribution in [-0.2, 0) is 0 Å². The lowest BCUT2D eigenvalue weighted by molar-refractivity contribution is 0.253. The summed E-state index contributed by atoms with van der Waals surface area (Å²) >= 11 is 3.40. The highest BCUT2D eigenvalue weighted by Crippen LogP contribution is 2.32. The molecule has 0 saturated heterocycles. The van der Waals surface area contributed by atoms with Gasteiger partial charge in [-0.05, 0) is 36.5 Å². The molecule has 3 atom stereocenters. The van der Waals surface area contributed by atoms with Crippen molar-refractivity contribution in [1.29, 1.82) is 5.26 Å². The third-order valence-corrected chi connectivity index (χ3v) is 4.64. The Morgan fingerprint density at radius 3 is 2.83 bits per heavy atom. The average Bonchev–Trinajstić information content (AvgIpc) is 2.37. The molecular formula is C15H19BrN2. The quantitative estimate of drug-likeness (QED) is 0.869. The first-order valence-corrected chi connectivity index (χ1v) is 7.37. The van der Waals surface area contributed by atoms with E-state index < -0.39 is 0 Å². The van der Waals surface area contributed by atoms with Gasteiger partial charge in [0, 0.05) is 10.5 Å². The largest absolute Gasteiger partial charge is 0.381 e. The van der Waals surface area contributed by atoms with Crippen LogP contribution in [0, 0.1) is 23.2 Å². The fourth-order valence-corrected chi connectivity index (χ4v) is 3.08. The van der Waals surface area contributed by atoms with Gasteiger partial charge in [-0.3, -0.25) is 0 Å². The van der Waals surface area contributed by atoms with Gasteiger partial charge in [0.1, 0.15) is 6.07 Å². The van der Waals surface area contributed by atoms with Gasteiger partial charge >= 0.3 is 0 Å². The monoisotopic (exact) mass is 306 g/mol. The van der Waals surface area contributed by atoms with Crippen LogP contribution in [0.15, 0.2) is 22.7 Å². The summed E-state index contributed by atoms with van der Waals surface area (Å²) in [5, 5.41) is 12.7. The molecule has 1 N–H and O–H groups in total. The molecule has 1 fully saturated rings. The number of benzene rings is 1. The summed E-state index contributed by atoms with van der Waals surface area (Å²) in [7, 11) is 0. The lowest BCUT2D eigenvalue weighted by atomic mass is 9.78. The number of rotatable bonds is 2. The molecule has 0 heterocycles. The highest BCUT2D eigenvalue weighted by molar-refractivity contribution is 9.10. The Labute approximate surface area is 118 Å². The predicted octanol–water partition coefficient (Wildman–Crippen LogP) is 4.56. The molecule has 0 aromatic heterocycles. The van der Waals surface area contributed by atoms with Crippen molar-refractivity contribution in [3.8, 4) is 6.07 Å². The van der Waals surface area contributed by atoms with Crippen molar-refractivity contribution in [2.45, 2.75) is 39.2 Å². The SMILES string of the molecule is CC1CCCC(Nc2ccc(Br)cc2C#N)C1C. The molecule has 3 heteroatoms.